The summed E-state index contributed by atoms with van der Waals surface area (Å²) in [5.74, 6) is 0.0113. The summed E-state index contributed by atoms with van der Waals surface area (Å²) < 4.78 is 29.5. The van der Waals surface area contributed by atoms with Gasteiger partial charge in [-0.25, -0.2) is 0 Å². The van der Waals surface area contributed by atoms with E-state index in [-0.39, 0.29) is 22.1 Å². The Kier molecular flexibility index (Phi) is 5.53. The molecule has 1 aromatic rings. The average molecular weight is 381 g/mol. The number of benzene rings is 1. The van der Waals surface area contributed by atoms with Gasteiger partial charge >= 0.3 is 0 Å². The van der Waals surface area contributed by atoms with Crippen molar-refractivity contribution in [2.75, 3.05) is 0 Å². The SMILES string of the molecule is CCC1S/C(=N/S(=O)(=O)c2ccc(C)cc2)N(C2CCCCC2)C1=O. The average Bonchev–Trinajstić information content (AvgIpc) is 2.90. The van der Waals surface area contributed by atoms with Crippen LogP contribution < -0.4 is 0 Å². The van der Waals surface area contributed by atoms with E-state index in [1.54, 1.807) is 29.2 Å². The van der Waals surface area contributed by atoms with Crippen LogP contribution in [-0.4, -0.2) is 35.7 Å². The molecule has 1 unspecified atom stereocenters. The number of carbonyl (C=O) groups excluding carboxylic acids is 1. The quantitative estimate of drug-likeness (QED) is 0.798. The highest BCUT2D eigenvalue weighted by Gasteiger charge is 2.42. The summed E-state index contributed by atoms with van der Waals surface area (Å²) in [5.41, 5.74) is 0.993. The molecule has 0 radical (unpaired) electrons. The van der Waals surface area contributed by atoms with E-state index in [4.69, 9.17) is 0 Å². The van der Waals surface area contributed by atoms with Gasteiger partial charge < -0.3 is 0 Å². The van der Waals surface area contributed by atoms with Crippen LogP contribution in [0.4, 0.5) is 0 Å². The normalized spacial score (nSPS) is 24.2. The smallest absolute Gasteiger partial charge is 0.284 e. The first-order chi connectivity index (χ1) is 11.9. The predicted molar refractivity (Wildman–Crippen MR) is 101 cm³/mol. The van der Waals surface area contributed by atoms with E-state index >= 15 is 0 Å². The topological polar surface area (TPSA) is 66.8 Å². The lowest BCUT2D eigenvalue weighted by Crippen LogP contribution is -2.42. The summed E-state index contributed by atoms with van der Waals surface area (Å²) in [6, 6.07) is 6.73. The molecule has 1 aliphatic heterocycles. The van der Waals surface area contributed by atoms with Gasteiger partial charge in [0.1, 0.15) is 0 Å². The molecular formula is C18H24N2O3S2. The van der Waals surface area contributed by atoms with Gasteiger partial charge in [-0.2, -0.15) is 8.42 Å². The van der Waals surface area contributed by atoms with Crippen molar-refractivity contribution >= 4 is 32.9 Å². The van der Waals surface area contributed by atoms with E-state index in [1.807, 2.05) is 13.8 Å². The fraction of sp³-hybridized carbons (Fsp3) is 0.556. The fourth-order valence-electron chi connectivity index (χ4n) is 3.35. The van der Waals surface area contributed by atoms with Gasteiger partial charge in [-0.05, 0) is 38.3 Å². The molecule has 1 saturated carbocycles. The molecule has 7 heteroatoms. The molecule has 0 aromatic heterocycles. The Labute approximate surface area is 153 Å². The minimum Gasteiger partial charge on any atom is -0.287 e. The molecule has 2 aliphatic rings. The fourth-order valence-corrected chi connectivity index (χ4v) is 5.68. The minimum absolute atomic E-state index is 0.0113. The molecule has 1 atom stereocenters. The number of rotatable bonds is 4. The van der Waals surface area contributed by atoms with Crippen molar-refractivity contribution in [3.05, 3.63) is 29.8 Å². The number of nitrogens with zero attached hydrogens (tertiary/aromatic N) is 2. The van der Waals surface area contributed by atoms with Gasteiger partial charge in [0.2, 0.25) is 5.91 Å². The predicted octanol–water partition coefficient (Wildman–Crippen LogP) is 3.73. The molecule has 2 fully saturated rings. The molecule has 1 aliphatic carbocycles. The lowest BCUT2D eigenvalue weighted by atomic mass is 9.94. The largest absolute Gasteiger partial charge is 0.287 e. The summed E-state index contributed by atoms with van der Waals surface area (Å²) in [5, 5.41) is 0.123. The van der Waals surface area contributed by atoms with Crippen LogP contribution in [0.3, 0.4) is 0 Å². The molecule has 0 N–H and O–H groups in total. The molecular weight excluding hydrogens is 356 g/mol. The maximum atomic E-state index is 12.7. The van der Waals surface area contributed by atoms with Crippen LogP contribution in [-0.2, 0) is 14.8 Å². The van der Waals surface area contributed by atoms with Crippen LogP contribution in [0.5, 0.6) is 0 Å². The second-order valence-electron chi connectivity index (χ2n) is 6.68. The Hall–Kier alpha value is -1.34. The molecule has 1 amide bonds. The highest BCUT2D eigenvalue weighted by molar-refractivity contribution is 8.16. The maximum Gasteiger partial charge on any atom is 0.284 e. The molecule has 136 valence electrons. The molecule has 1 heterocycles. The summed E-state index contributed by atoms with van der Waals surface area (Å²) in [6.45, 7) is 3.86. The van der Waals surface area contributed by atoms with Crippen molar-refractivity contribution in [2.24, 2.45) is 4.40 Å². The number of sulfonamides is 1. The Morgan fingerprint density at radius 2 is 1.80 bits per heavy atom. The molecule has 3 rings (SSSR count). The zero-order valence-corrected chi connectivity index (χ0v) is 16.3. The number of aryl methyl sites for hydroxylation is 1. The lowest BCUT2D eigenvalue weighted by molar-refractivity contribution is -0.128. The van der Waals surface area contributed by atoms with Gasteiger partial charge in [0.05, 0.1) is 10.1 Å². The Bertz CT molecular complexity index is 766. The van der Waals surface area contributed by atoms with E-state index in [2.05, 4.69) is 4.40 Å². The molecule has 0 bridgehead atoms. The van der Waals surface area contributed by atoms with Crippen LogP contribution >= 0.6 is 11.8 Å². The van der Waals surface area contributed by atoms with E-state index in [9.17, 15) is 13.2 Å². The third-order valence-electron chi connectivity index (χ3n) is 4.79. The summed E-state index contributed by atoms with van der Waals surface area (Å²) >= 11 is 1.29. The van der Waals surface area contributed by atoms with Crippen LogP contribution in [0.25, 0.3) is 0 Å². The summed E-state index contributed by atoms with van der Waals surface area (Å²) in [6.07, 6.45) is 5.85. The van der Waals surface area contributed by atoms with Crippen molar-refractivity contribution in [3.8, 4) is 0 Å². The van der Waals surface area contributed by atoms with Crippen LogP contribution in [0.2, 0.25) is 0 Å². The van der Waals surface area contributed by atoms with Gasteiger partial charge in [-0.1, -0.05) is 55.6 Å². The second kappa shape index (κ2) is 7.50. The maximum absolute atomic E-state index is 12.7. The number of thioether (sulfide) groups is 1. The van der Waals surface area contributed by atoms with Crippen molar-refractivity contribution < 1.29 is 13.2 Å². The van der Waals surface area contributed by atoms with Crippen LogP contribution in [0.15, 0.2) is 33.6 Å². The monoisotopic (exact) mass is 380 g/mol. The van der Waals surface area contributed by atoms with Gasteiger partial charge in [-0.15, -0.1) is 4.40 Å². The Morgan fingerprint density at radius 1 is 1.16 bits per heavy atom. The highest BCUT2D eigenvalue weighted by atomic mass is 32.2. The number of hydrogen-bond donors (Lipinski definition) is 0. The zero-order valence-electron chi connectivity index (χ0n) is 14.6. The van der Waals surface area contributed by atoms with E-state index < -0.39 is 10.0 Å². The van der Waals surface area contributed by atoms with Crippen LogP contribution in [0, 0.1) is 6.92 Å². The lowest BCUT2D eigenvalue weighted by Gasteiger charge is -2.30. The molecule has 25 heavy (non-hydrogen) atoms. The van der Waals surface area contributed by atoms with Crippen molar-refractivity contribution in [2.45, 2.75) is 68.6 Å². The first-order valence-electron chi connectivity index (χ1n) is 8.83. The number of amidine groups is 1. The minimum atomic E-state index is -3.81. The number of amides is 1. The van der Waals surface area contributed by atoms with E-state index in [0.717, 1.165) is 31.2 Å². The van der Waals surface area contributed by atoms with Crippen LogP contribution in [0.1, 0.15) is 51.0 Å². The zero-order chi connectivity index (χ0) is 18.0. The van der Waals surface area contributed by atoms with Gasteiger partial charge in [-0.3, -0.25) is 9.69 Å². The number of carbonyl (C=O) groups is 1. The highest BCUT2D eigenvalue weighted by Crippen LogP contribution is 2.36. The van der Waals surface area contributed by atoms with Gasteiger partial charge in [0.25, 0.3) is 10.0 Å². The molecule has 1 saturated heterocycles. The van der Waals surface area contributed by atoms with Gasteiger partial charge in [0, 0.05) is 6.04 Å². The summed E-state index contributed by atoms with van der Waals surface area (Å²) in [4.78, 5) is 14.6. The summed E-state index contributed by atoms with van der Waals surface area (Å²) in [7, 11) is -3.81. The third-order valence-corrected chi connectivity index (χ3v) is 7.51. The Balaban J connectivity index is 1.95. The number of hydrogen-bond acceptors (Lipinski definition) is 4. The van der Waals surface area contributed by atoms with Crippen molar-refractivity contribution in [1.82, 2.24) is 4.90 Å². The first kappa shape index (κ1) is 18.5. The van der Waals surface area contributed by atoms with Gasteiger partial charge in [0.15, 0.2) is 5.17 Å². The van der Waals surface area contributed by atoms with Crippen molar-refractivity contribution in [3.63, 3.8) is 0 Å². The van der Waals surface area contributed by atoms with E-state index in [1.165, 1.54) is 18.2 Å². The van der Waals surface area contributed by atoms with E-state index in [0.29, 0.717) is 11.6 Å². The third kappa shape index (κ3) is 3.92. The molecule has 1 aromatic carbocycles. The standard InChI is InChI=1S/C18H24N2O3S2/c1-3-16-17(21)20(14-7-5-4-6-8-14)18(24-16)19-25(22,23)15-11-9-13(2)10-12-15/h9-12,14,16H,3-8H2,1-2H3/b19-18+. The van der Waals surface area contributed by atoms with Crippen molar-refractivity contribution in [1.29, 1.82) is 0 Å². The Morgan fingerprint density at radius 3 is 2.40 bits per heavy atom. The first-order valence-corrected chi connectivity index (χ1v) is 11.2. The second-order valence-corrected chi connectivity index (χ2v) is 9.45. The molecule has 5 nitrogen and oxygen atoms in total. The molecule has 0 spiro atoms.